The second kappa shape index (κ2) is 5.75. The van der Waals surface area contributed by atoms with Crippen LogP contribution >= 0.6 is 0 Å². The van der Waals surface area contributed by atoms with Gasteiger partial charge in [0, 0.05) is 13.6 Å². The van der Waals surface area contributed by atoms with Crippen LogP contribution in [0.3, 0.4) is 0 Å². The molecule has 1 heterocycles. The highest BCUT2D eigenvalue weighted by atomic mass is 16.6. The second-order valence-electron chi connectivity index (χ2n) is 3.38. The second-order valence-corrected chi connectivity index (χ2v) is 3.38. The van der Waals surface area contributed by atoms with E-state index in [0.717, 1.165) is 6.33 Å². The summed E-state index contributed by atoms with van der Waals surface area (Å²) in [4.78, 5) is 29.5. The van der Waals surface area contributed by atoms with Crippen molar-refractivity contribution in [2.45, 2.75) is 6.42 Å². The van der Waals surface area contributed by atoms with Crippen molar-refractivity contribution in [2.75, 3.05) is 25.6 Å². The summed E-state index contributed by atoms with van der Waals surface area (Å²) in [6.45, 7) is 0.0936. The number of anilines is 1. The summed E-state index contributed by atoms with van der Waals surface area (Å²) in [5.41, 5.74) is -0.382. The van der Waals surface area contributed by atoms with E-state index in [-0.39, 0.29) is 30.4 Å². The molecular weight excluding hydrogens is 244 g/mol. The van der Waals surface area contributed by atoms with Crippen LogP contribution in [0.4, 0.5) is 11.5 Å². The van der Waals surface area contributed by atoms with Gasteiger partial charge >= 0.3 is 11.7 Å². The van der Waals surface area contributed by atoms with Crippen molar-refractivity contribution in [3.63, 3.8) is 0 Å². The summed E-state index contributed by atoms with van der Waals surface area (Å²) in [6, 6.07) is 0. The van der Waals surface area contributed by atoms with Crippen LogP contribution in [0.1, 0.15) is 6.42 Å². The molecule has 0 bridgehead atoms. The summed E-state index contributed by atoms with van der Waals surface area (Å²) < 4.78 is 4.79. The minimum absolute atomic E-state index is 0.0214. The molecule has 0 aromatic carbocycles. The molecule has 0 spiro atoms. The van der Waals surface area contributed by atoms with Gasteiger partial charge in [0.25, 0.3) is 5.88 Å². The van der Waals surface area contributed by atoms with E-state index in [1.54, 1.807) is 0 Å². The molecule has 1 N–H and O–H groups in total. The third kappa shape index (κ3) is 3.03. The standard InChI is InChI=1S/C9H12N4O5/c1-12(4-3-6(14)15)8-7(13(16)17)9(18-2)11-5-10-8/h5H,3-4H2,1-2H3,(H,14,15). The van der Waals surface area contributed by atoms with Gasteiger partial charge in [-0.1, -0.05) is 0 Å². The molecule has 9 nitrogen and oxygen atoms in total. The molecule has 1 rings (SSSR count). The maximum Gasteiger partial charge on any atom is 0.372 e. The molecular formula is C9H12N4O5. The average Bonchev–Trinajstić information content (AvgIpc) is 2.34. The Hall–Kier alpha value is -2.45. The van der Waals surface area contributed by atoms with Gasteiger partial charge in [-0.2, -0.15) is 4.98 Å². The molecule has 0 aliphatic heterocycles. The zero-order valence-electron chi connectivity index (χ0n) is 9.86. The van der Waals surface area contributed by atoms with Crippen LogP contribution in [-0.2, 0) is 4.79 Å². The Morgan fingerprint density at radius 3 is 2.78 bits per heavy atom. The van der Waals surface area contributed by atoms with E-state index in [1.165, 1.54) is 19.1 Å². The lowest BCUT2D eigenvalue weighted by molar-refractivity contribution is -0.385. The number of aliphatic carboxylic acids is 1. The number of rotatable bonds is 6. The molecule has 0 saturated carbocycles. The SMILES string of the molecule is COc1ncnc(N(C)CCC(=O)O)c1[N+](=O)[O-]. The van der Waals surface area contributed by atoms with E-state index in [2.05, 4.69) is 9.97 Å². The highest BCUT2D eigenvalue weighted by Gasteiger charge is 2.26. The van der Waals surface area contributed by atoms with E-state index >= 15 is 0 Å². The first-order chi connectivity index (χ1) is 8.47. The molecule has 0 saturated heterocycles. The molecule has 0 aliphatic rings. The number of aromatic nitrogens is 2. The Kier molecular flexibility index (Phi) is 4.35. The van der Waals surface area contributed by atoms with Gasteiger partial charge in [0.2, 0.25) is 5.82 Å². The van der Waals surface area contributed by atoms with Crippen molar-refractivity contribution < 1.29 is 19.6 Å². The normalized spacial score (nSPS) is 9.89. The Morgan fingerprint density at radius 2 is 2.28 bits per heavy atom. The third-order valence-corrected chi connectivity index (χ3v) is 2.17. The van der Waals surface area contributed by atoms with Gasteiger partial charge in [0.15, 0.2) is 0 Å². The molecule has 9 heteroatoms. The maximum absolute atomic E-state index is 10.9. The van der Waals surface area contributed by atoms with E-state index in [1.807, 2.05) is 0 Å². The van der Waals surface area contributed by atoms with Crippen LogP contribution in [-0.4, -0.2) is 46.7 Å². The number of hydrogen-bond donors (Lipinski definition) is 1. The van der Waals surface area contributed by atoms with E-state index in [0.29, 0.717) is 0 Å². The summed E-state index contributed by atoms with van der Waals surface area (Å²) >= 11 is 0. The van der Waals surface area contributed by atoms with E-state index in [4.69, 9.17) is 9.84 Å². The number of nitrogens with zero attached hydrogens (tertiary/aromatic N) is 4. The van der Waals surface area contributed by atoms with E-state index in [9.17, 15) is 14.9 Å². The average molecular weight is 256 g/mol. The lowest BCUT2D eigenvalue weighted by Crippen LogP contribution is -2.23. The van der Waals surface area contributed by atoms with E-state index < -0.39 is 10.9 Å². The number of hydrogen-bond acceptors (Lipinski definition) is 7. The first kappa shape index (κ1) is 13.6. The smallest absolute Gasteiger partial charge is 0.372 e. The topological polar surface area (TPSA) is 119 Å². The summed E-state index contributed by atoms with van der Waals surface area (Å²) in [6.07, 6.45) is 0.971. The Balaban J connectivity index is 3.07. The monoisotopic (exact) mass is 256 g/mol. The highest BCUT2D eigenvalue weighted by Crippen LogP contribution is 2.32. The van der Waals surface area contributed by atoms with Crippen molar-refractivity contribution in [1.82, 2.24) is 9.97 Å². The van der Waals surface area contributed by atoms with Crippen LogP contribution in [0.2, 0.25) is 0 Å². The third-order valence-electron chi connectivity index (χ3n) is 2.17. The number of nitro groups is 1. The van der Waals surface area contributed by atoms with Gasteiger partial charge in [-0.15, -0.1) is 0 Å². The van der Waals surface area contributed by atoms with Crippen LogP contribution in [0.15, 0.2) is 6.33 Å². The largest absolute Gasteiger partial charge is 0.481 e. The Morgan fingerprint density at radius 1 is 1.61 bits per heavy atom. The molecule has 0 atom stereocenters. The van der Waals surface area contributed by atoms with Crippen LogP contribution < -0.4 is 9.64 Å². The zero-order chi connectivity index (χ0) is 13.7. The van der Waals surface area contributed by atoms with Gasteiger partial charge in [-0.05, 0) is 0 Å². The predicted octanol–water partition coefficient (Wildman–Crippen LogP) is 0.304. The molecule has 98 valence electrons. The van der Waals surface area contributed by atoms with Gasteiger partial charge in [0.1, 0.15) is 6.33 Å². The quantitative estimate of drug-likeness (QED) is 0.570. The summed E-state index contributed by atoms with van der Waals surface area (Å²) in [5.74, 6) is -1.13. The van der Waals surface area contributed by atoms with Gasteiger partial charge in [-0.25, -0.2) is 4.98 Å². The highest BCUT2D eigenvalue weighted by molar-refractivity contribution is 5.68. The molecule has 1 aromatic heterocycles. The predicted molar refractivity (Wildman–Crippen MR) is 60.8 cm³/mol. The summed E-state index contributed by atoms with van der Waals surface area (Å²) in [7, 11) is 2.77. The fourth-order valence-electron chi connectivity index (χ4n) is 1.31. The molecule has 0 unspecified atom stereocenters. The fourth-order valence-corrected chi connectivity index (χ4v) is 1.31. The molecule has 0 fully saturated rings. The van der Waals surface area contributed by atoms with Crippen molar-refractivity contribution >= 4 is 17.5 Å². The fraction of sp³-hybridized carbons (Fsp3) is 0.444. The number of carboxylic acid groups (broad SMARTS) is 1. The first-order valence-electron chi connectivity index (χ1n) is 4.93. The molecule has 0 amide bonds. The van der Waals surface area contributed by atoms with Gasteiger partial charge < -0.3 is 14.7 Å². The Bertz CT molecular complexity index is 464. The number of ether oxygens (including phenoxy) is 1. The van der Waals surface area contributed by atoms with Crippen molar-refractivity contribution in [1.29, 1.82) is 0 Å². The molecule has 18 heavy (non-hydrogen) atoms. The van der Waals surface area contributed by atoms with Crippen molar-refractivity contribution in [3.05, 3.63) is 16.4 Å². The molecule has 1 aromatic rings. The van der Waals surface area contributed by atoms with Crippen molar-refractivity contribution in [2.24, 2.45) is 0 Å². The van der Waals surface area contributed by atoms with Gasteiger partial charge in [0.05, 0.1) is 18.5 Å². The minimum atomic E-state index is -0.995. The number of methoxy groups -OCH3 is 1. The van der Waals surface area contributed by atoms with Gasteiger partial charge in [-0.3, -0.25) is 14.9 Å². The maximum atomic E-state index is 10.9. The lowest BCUT2D eigenvalue weighted by Gasteiger charge is -2.16. The van der Waals surface area contributed by atoms with Crippen LogP contribution in [0.5, 0.6) is 5.88 Å². The number of carbonyl (C=O) groups is 1. The summed E-state index contributed by atoms with van der Waals surface area (Å²) in [5, 5.41) is 19.5. The minimum Gasteiger partial charge on any atom is -0.481 e. The molecule has 0 radical (unpaired) electrons. The molecule has 0 aliphatic carbocycles. The van der Waals surface area contributed by atoms with Crippen LogP contribution in [0, 0.1) is 10.1 Å². The van der Waals surface area contributed by atoms with Crippen molar-refractivity contribution in [3.8, 4) is 5.88 Å². The zero-order valence-corrected chi connectivity index (χ0v) is 9.86. The number of carboxylic acids is 1. The Labute approximate surface area is 102 Å². The lowest BCUT2D eigenvalue weighted by atomic mass is 10.3. The first-order valence-corrected chi connectivity index (χ1v) is 4.93. The van der Waals surface area contributed by atoms with Crippen LogP contribution in [0.25, 0.3) is 0 Å².